The van der Waals surface area contributed by atoms with Gasteiger partial charge in [0.25, 0.3) is 0 Å². The molecule has 0 aromatic heterocycles. The number of hydrogen-bond donors (Lipinski definition) is 1. The second kappa shape index (κ2) is 10.7. The predicted molar refractivity (Wildman–Crippen MR) is 110 cm³/mol. The van der Waals surface area contributed by atoms with Gasteiger partial charge in [-0.3, -0.25) is 4.79 Å². The van der Waals surface area contributed by atoms with Crippen molar-refractivity contribution in [2.75, 3.05) is 20.3 Å². The van der Waals surface area contributed by atoms with Crippen molar-refractivity contribution in [2.45, 2.75) is 44.9 Å². The first kappa shape index (κ1) is 21.7. The van der Waals surface area contributed by atoms with Crippen molar-refractivity contribution in [3.05, 3.63) is 18.2 Å². The van der Waals surface area contributed by atoms with Crippen LogP contribution in [0.3, 0.4) is 0 Å². The monoisotopic (exact) mass is 406 g/mol. The van der Waals surface area contributed by atoms with Crippen molar-refractivity contribution in [1.29, 1.82) is 0 Å². The number of benzene rings is 1. The van der Waals surface area contributed by atoms with E-state index in [2.05, 4.69) is 14.8 Å². The molecule has 1 aromatic carbocycles. The Labute approximate surface area is 169 Å². The Balaban J connectivity index is 2.12. The summed E-state index contributed by atoms with van der Waals surface area (Å²) in [5, 5.41) is 5.51. The van der Waals surface area contributed by atoms with Crippen LogP contribution in [-0.2, 0) is 14.3 Å². The molecule has 0 saturated heterocycles. The van der Waals surface area contributed by atoms with Gasteiger partial charge in [-0.2, -0.15) is 5.10 Å². The van der Waals surface area contributed by atoms with E-state index in [9.17, 15) is 9.59 Å². The molecule has 0 unspecified atom stereocenters. The van der Waals surface area contributed by atoms with E-state index in [0.29, 0.717) is 12.4 Å². The third-order valence-corrected chi connectivity index (χ3v) is 4.76. The molecule has 1 aromatic rings. The molecule has 28 heavy (non-hydrogen) atoms. The van der Waals surface area contributed by atoms with Crippen LogP contribution >= 0.6 is 11.9 Å². The number of aliphatic imine (C=N–C) groups is 1. The second-order valence-corrected chi connectivity index (χ2v) is 6.90. The molecule has 9 heteroatoms. The fourth-order valence-electron chi connectivity index (χ4n) is 2.38. The molecule has 0 atom stereocenters. The molecular weight excluding hydrogens is 380 g/mol. The summed E-state index contributed by atoms with van der Waals surface area (Å²) in [6.45, 7) is 5.99. The highest BCUT2D eigenvalue weighted by molar-refractivity contribution is 7.98. The summed E-state index contributed by atoms with van der Waals surface area (Å²) in [4.78, 5) is 30.0. The number of carbonyl (C=O) groups is 2. The zero-order valence-corrected chi connectivity index (χ0v) is 17.5. The van der Waals surface area contributed by atoms with Crippen molar-refractivity contribution in [3.8, 4) is 5.75 Å². The van der Waals surface area contributed by atoms with Crippen LogP contribution in [-0.4, -0.2) is 48.7 Å². The molecule has 0 saturated carbocycles. The van der Waals surface area contributed by atoms with Gasteiger partial charge in [0.15, 0.2) is 0 Å². The number of ether oxygens (including phenoxy) is 2. The number of fused-ring (bicyclic) bond motifs is 1. The summed E-state index contributed by atoms with van der Waals surface area (Å²) in [5.41, 5.74) is 0.926. The van der Waals surface area contributed by atoms with E-state index in [1.165, 1.54) is 17.0 Å². The van der Waals surface area contributed by atoms with E-state index >= 15 is 0 Å². The van der Waals surface area contributed by atoms with Gasteiger partial charge in [0.2, 0.25) is 5.91 Å². The van der Waals surface area contributed by atoms with E-state index in [-0.39, 0.29) is 24.6 Å². The van der Waals surface area contributed by atoms with Crippen LogP contribution < -0.4 is 9.46 Å². The number of rotatable bonds is 9. The number of carbonyl (C=O) groups excluding carboxylic acids is 2. The maximum Gasteiger partial charge on any atom is 0.354 e. The molecule has 152 valence electrons. The van der Waals surface area contributed by atoms with Gasteiger partial charge in [-0.05, 0) is 50.4 Å². The maximum atomic E-state index is 12.8. The Morgan fingerprint density at radius 3 is 2.79 bits per heavy atom. The number of hydrazone groups is 1. The van der Waals surface area contributed by atoms with Crippen LogP contribution in [0.5, 0.6) is 5.75 Å². The molecule has 0 spiro atoms. The summed E-state index contributed by atoms with van der Waals surface area (Å²) in [6.07, 6.45) is 1.74. The van der Waals surface area contributed by atoms with Gasteiger partial charge in [0.05, 0.1) is 30.7 Å². The molecule has 1 heterocycles. The number of amides is 1. The fraction of sp³-hybridized carbons (Fsp3) is 0.474. The molecule has 0 bridgehead atoms. The molecule has 1 aliphatic heterocycles. The number of amidine groups is 1. The maximum absolute atomic E-state index is 12.8. The Morgan fingerprint density at radius 1 is 1.32 bits per heavy atom. The molecule has 0 aliphatic carbocycles. The minimum Gasteiger partial charge on any atom is -0.497 e. The Bertz CT molecular complexity index is 779. The van der Waals surface area contributed by atoms with Gasteiger partial charge in [-0.1, -0.05) is 13.3 Å². The number of methoxy groups -OCH3 is 1. The summed E-state index contributed by atoms with van der Waals surface area (Å²) >= 11 is 1.38. The minimum atomic E-state index is -0.525. The van der Waals surface area contributed by atoms with Crippen LogP contribution in [0.1, 0.15) is 40.0 Å². The Hall–Kier alpha value is -2.55. The quantitative estimate of drug-likeness (QED) is 0.293. The first-order valence-corrected chi connectivity index (χ1v) is 10.0. The van der Waals surface area contributed by atoms with E-state index in [1.54, 1.807) is 21.0 Å². The first-order valence-electron chi connectivity index (χ1n) is 9.19. The third kappa shape index (κ3) is 5.98. The van der Waals surface area contributed by atoms with Crippen molar-refractivity contribution in [2.24, 2.45) is 10.1 Å². The smallest absolute Gasteiger partial charge is 0.354 e. The van der Waals surface area contributed by atoms with Crippen molar-refractivity contribution < 1.29 is 19.1 Å². The van der Waals surface area contributed by atoms with Crippen LogP contribution in [0, 0.1) is 0 Å². The van der Waals surface area contributed by atoms with E-state index in [1.807, 2.05) is 25.1 Å². The predicted octanol–water partition coefficient (Wildman–Crippen LogP) is 3.29. The summed E-state index contributed by atoms with van der Waals surface area (Å²) in [5.74, 6) is 0.528. The normalized spacial score (nSPS) is 13.1. The molecule has 0 radical (unpaired) electrons. The van der Waals surface area contributed by atoms with E-state index in [0.717, 1.165) is 29.2 Å². The minimum absolute atomic E-state index is 0.0573. The largest absolute Gasteiger partial charge is 0.497 e. The van der Waals surface area contributed by atoms with Gasteiger partial charge >= 0.3 is 5.97 Å². The average molecular weight is 407 g/mol. The summed E-state index contributed by atoms with van der Waals surface area (Å²) < 4.78 is 13.2. The lowest BCUT2D eigenvalue weighted by molar-refractivity contribution is -0.135. The van der Waals surface area contributed by atoms with E-state index < -0.39 is 5.97 Å². The molecule has 1 amide bonds. The molecule has 1 N–H and O–H groups in total. The van der Waals surface area contributed by atoms with Gasteiger partial charge in [0, 0.05) is 6.54 Å². The molecular formula is C19H26N4O4S. The lowest BCUT2D eigenvalue weighted by Gasteiger charge is -2.21. The number of nitrogens with zero attached hydrogens (tertiary/aromatic N) is 3. The van der Waals surface area contributed by atoms with Crippen molar-refractivity contribution in [3.63, 3.8) is 0 Å². The average Bonchev–Trinajstić information content (AvgIpc) is 2.70. The van der Waals surface area contributed by atoms with Crippen LogP contribution in [0.15, 0.2) is 33.2 Å². The highest BCUT2D eigenvalue weighted by atomic mass is 32.2. The molecule has 0 fully saturated rings. The highest BCUT2D eigenvalue weighted by Gasteiger charge is 2.20. The van der Waals surface area contributed by atoms with Gasteiger partial charge in [-0.25, -0.2) is 14.8 Å². The third-order valence-electron chi connectivity index (χ3n) is 3.87. The lowest BCUT2D eigenvalue weighted by atomic mass is 10.3. The van der Waals surface area contributed by atoms with Crippen molar-refractivity contribution >= 4 is 41.1 Å². The van der Waals surface area contributed by atoms with Crippen molar-refractivity contribution in [1.82, 2.24) is 9.73 Å². The van der Waals surface area contributed by atoms with Crippen LogP contribution in [0.25, 0.3) is 0 Å². The number of nitrogens with one attached hydrogen (secondary N) is 1. The number of unbranched alkanes of at least 4 members (excludes halogenated alkanes) is 1. The Kier molecular flexibility index (Phi) is 8.31. The topological polar surface area (TPSA) is 92.6 Å². The number of esters is 1. The Morgan fingerprint density at radius 2 is 2.11 bits per heavy atom. The van der Waals surface area contributed by atoms with Crippen LogP contribution in [0.4, 0.5) is 5.69 Å². The molecule has 8 nitrogen and oxygen atoms in total. The highest BCUT2D eigenvalue weighted by Crippen LogP contribution is 2.34. The van der Waals surface area contributed by atoms with E-state index in [4.69, 9.17) is 9.47 Å². The second-order valence-electron chi connectivity index (χ2n) is 6.05. The zero-order chi connectivity index (χ0) is 20.5. The van der Waals surface area contributed by atoms with Gasteiger partial charge < -0.3 is 14.2 Å². The van der Waals surface area contributed by atoms with Crippen LogP contribution in [0.2, 0.25) is 0 Å². The first-order chi connectivity index (χ1) is 13.5. The zero-order valence-electron chi connectivity index (χ0n) is 16.7. The lowest BCUT2D eigenvalue weighted by Crippen LogP contribution is -2.33. The standard InChI is InChI=1S/C19H26N4O4S/c1-5-7-10-23(21-13(3)19(25)27-6-2)18(24)12-17-20-15-9-8-14(26-4)11-16(15)28-22-17/h8-9,11H,5-7,10,12H2,1-4H3,(H,20,22)/b21-13-. The summed E-state index contributed by atoms with van der Waals surface area (Å²) in [6, 6.07) is 5.56. The molecule has 1 aliphatic rings. The fourth-order valence-corrected chi connectivity index (χ4v) is 3.12. The van der Waals surface area contributed by atoms with Gasteiger partial charge in [-0.15, -0.1) is 0 Å². The SMILES string of the molecule is CCCCN(/N=C(/C)C(=O)OCC)C(=O)CC1=Nc2ccc(OC)cc2SN1. The summed E-state index contributed by atoms with van der Waals surface area (Å²) in [7, 11) is 1.61. The van der Waals surface area contributed by atoms with Gasteiger partial charge in [0.1, 0.15) is 17.3 Å². The molecule has 2 rings (SSSR count). The number of hydrogen-bond acceptors (Lipinski definition) is 8.